The van der Waals surface area contributed by atoms with Gasteiger partial charge in [0.05, 0.1) is 12.7 Å². The Labute approximate surface area is 95.4 Å². The second kappa shape index (κ2) is 4.97. The largest absolute Gasteiger partial charge is 0.372 e. The summed E-state index contributed by atoms with van der Waals surface area (Å²) in [5.41, 5.74) is 6.70. The standard InChI is InChI=1S/C12H16ClNO/c13-11-4-2-1-3-10(11)12(7-14)15-8-9-5-6-9/h1-4,9,12H,5-8,14H2. The molecule has 0 bridgehead atoms. The van der Waals surface area contributed by atoms with Crippen LogP contribution in [0.3, 0.4) is 0 Å². The van der Waals surface area contributed by atoms with Crippen LogP contribution in [0.15, 0.2) is 24.3 Å². The van der Waals surface area contributed by atoms with E-state index < -0.39 is 0 Å². The fraction of sp³-hybridized carbons (Fsp3) is 0.500. The first-order valence-electron chi connectivity index (χ1n) is 5.37. The summed E-state index contributed by atoms with van der Waals surface area (Å²) in [6.07, 6.45) is 2.53. The number of hydrogen-bond donors (Lipinski definition) is 1. The zero-order valence-electron chi connectivity index (χ0n) is 8.66. The highest BCUT2D eigenvalue weighted by Crippen LogP contribution is 2.32. The monoisotopic (exact) mass is 225 g/mol. The molecule has 82 valence electrons. The number of nitrogens with two attached hydrogens (primary N) is 1. The van der Waals surface area contributed by atoms with E-state index in [9.17, 15) is 0 Å². The molecule has 0 saturated heterocycles. The lowest BCUT2D eigenvalue weighted by Crippen LogP contribution is -2.17. The highest BCUT2D eigenvalue weighted by atomic mass is 35.5. The van der Waals surface area contributed by atoms with Crippen molar-refractivity contribution in [3.05, 3.63) is 34.9 Å². The maximum absolute atomic E-state index is 6.09. The SMILES string of the molecule is NCC(OCC1CC1)c1ccccc1Cl. The van der Waals surface area contributed by atoms with Gasteiger partial charge >= 0.3 is 0 Å². The third-order valence-electron chi connectivity index (χ3n) is 2.70. The second-order valence-corrected chi connectivity index (χ2v) is 4.43. The Morgan fingerprint density at radius 2 is 2.13 bits per heavy atom. The van der Waals surface area contributed by atoms with E-state index >= 15 is 0 Å². The van der Waals surface area contributed by atoms with Gasteiger partial charge in [0.25, 0.3) is 0 Å². The van der Waals surface area contributed by atoms with Crippen LogP contribution < -0.4 is 5.73 Å². The van der Waals surface area contributed by atoms with Crippen LogP contribution in [0.4, 0.5) is 0 Å². The molecule has 0 radical (unpaired) electrons. The normalized spacial score (nSPS) is 17.7. The van der Waals surface area contributed by atoms with Crippen molar-refractivity contribution in [2.24, 2.45) is 11.7 Å². The predicted molar refractivity (Wildman–Crippen MR) is 61.9 cm³/mol. The summed E-state index contributed by atoms with van der Waals surface area (Å²) in [5, 5.41) is 0.740. The first-order chi connectivity index (χ1) is 7.31. The van der Waals surface area contributed by atoms with Crippen LogP contribution in [-0.2, 0) is 4.74 Å². The van der Waals surface area contributed by atoms with E-state index in [0.29, 0.717) is 6.54 Å². The smallest absolute Gasteiger partial charge is 0.0961 e. The molecule has 1 aliphatic rings. The Morgan fingerprint density at radius 3 is 2.73 bits per heavy atom. The summed E-state index contributed by atoms with van der Waals surface area (Å²) in [5.74, 6) is 0.751. The summed E-state index contributed by atoms with van der Waals surface area (Å²) in [6.45, 7) is 1.30. The quantitative estimate of drug-likeness (QED) is 0.837. The molecule has 0 aromatic heterocycles. The molecule has 1 fully saturated rings. The summed E-state index contributed by atoms with van der Waals surface area (Å²) in [7, 11) is 0. The topological polar surface area (TPSA) is 35.2 Å². The van der Waals surface area contributed by atoms with Crippen molar-refractivity contribution < 1.29 is 4.74 Å². The molecule has 0 heterocycles. The van der Waals surface area contributed by atoms with Crippen molar-refractivity contribution in [3.63, 3.8) is 0 Å². The zero-order chi connectivity index (χ0) is 10.7. The fourth-order valence-electron chi connectivity index (χ4n) is 1.56. The molecule has 15 heavy (non-hydrogen) atoms. The van der Waals surface area contributed by atoms with Crippen molar-refractivity contribution in [3.8, 4) is 0 Å². The van der Waals surface area contributed by atoms with Crippen LogP contribution in [0.1, 0.15) is 24.5 Å². The molecule has 3 heteroatoms. The van der Waals surface area contributed by atoms with Gasteiger partial charge in [-0.1, -0.05) is 29.8 Å². The van der Waals surface area contributed by atoms with Gasteiger partial charge in [-0.25, -0.2) is 0 Å². The maximum Gasteiger partial charge on any atom is 0.0961 e. The number of ether oxygens (including phenoxy) is 1. The first kappa shape index (κ1) is 10.9. The van der Waals surface area contributed by atoms with E-state index in [0.717, 1.165) is 23.1 Å². The Hall–Kier alpha value is -0.570. The molecule has 2 rings (SSSR count). The predicted octanol–water partition coefficient (Wildman–Crippen LogP) is 2.77. The average Bonchev–Trinajstić information content (AvgIpc) is 3.05. The van der Waals surface area contributed by atoms with Gasteiger partial charge in [0.2, 0.25) is 0 Å². The van der Waals surface area contributed by atoms with E-state index in [1.807, 2.05) is 24.3 Å². The minimum atomic E-state index is -0.0562. The molecular formula is C12H16ClNO. The van der Waals surface area contributed by atoms with E-state index in [1.165, 1.54) is 12.8 Å². The highest BCUT2D eigenvalue weighted by molar-refractivity contribution is 6.31. The van der Waals surface area contributed by atoms with Gasteiger partial charge < -0.3 is 10.5 Å². The fourth-order valence-corrected chi connectivity index (χ4v) is 1.82. The molecule has 0 amide bonds. The van der Waals surface area contributed by atoms with Crippen molar-refractivity contribution in [2.75, 3.05) is 13.2 Å². The highest BCUT2D eigenvalue weighted by Gasteiger charge is 2.23. The van der Waals surface area contributed by atoms with Crippen LogP contribution in [-0.4, -0.2) is 13.2 Å². The lowest BCUT2D eigenvalue weighted by Gasteiger charge is -2.17. The Bertz CT molecular complexity index is 325. The van der Waals surface area contributed by atoms with Crippen LogP contribution in [0.25, 0.3) is 0 Å². The number of halogens is 1. The van der Waals surface area contributed by atoms with E-state index in [-0.39, 0.29) is 6.10 Å². The second-order valence-electron chi connectivity index (χ2n) is 4.02. The maximum atomic E-state index is 6.09. The van der Waals surface area contributed by atoms with E-state index in [2.05, 4.69) is 0 Å². The summed E-state index contributed by atoms with van der Waals surface area (Å²) in [6, 6.07) is 7.73. The van der Waals surface area contributed by atoms with Gasteiger partial charge in [-0.05, 0) is 24.8 Å². The lowest BCUT2D eigenvalue weighted by molar-refractivity contribution is 0.0511. The van der Waals surface area contributed by atoms with Gasteiger partial charge in [-0.15, -0.1) is 0 Å². The Balaban J connectivity index is 2.00. The van der Waals surface area contributed by atoms with E-state index in [1.54, 1.807) is 0 Å². The van der Waals surface area contributed by atoms with Crippen LogP contribution >= 0.6 is 11.6 Å². The van der Waals surface area contributed by atoms with Gasteiger partial charge in [-0.2, -0.15) is 0 Å². The Morgan fingerprint density at radius 1 is 1.40 bits per heavy atom. The van der Waals surface area contributed by atoms with Crippen molar-refractivity contribution >= 4 is 11.6 Å². The van der Waals surface area contributed by atoms with Gasteiger partial charge in [-0.3, -0.25) is 0 Å². The van der Waals surface area contributed by atoms with E-state index in [4.69, 9.17) is 22.1 Å². The third kappa shape index (κ3) is 2.94. The molecule has 1 aliphatic carbocycles. The number of rotatable bonds is 5. The van der Waals surface area contributed by atoms with Crippen molar-refractivity contribution in [1.29, 1.82) is 0 Å². The van der Waals surface area contributed by atoms with Crippen molar-refractivity contribution in [1.82, 2.24) is 0 Å². The van der Waals surface area contributed by atoms with Crippen LogP contribution in [0, 0.1) is 5.92 Å². The Kier molecular flexibility index (Phi) is 3.62. The zero-order valence-corrected chi connectivity index (χ0v) is 9.41. The molecule has 1 aromatic rings. The molecule has 2 N–H and O–H groups in total. The van der Waals surface area contributed by atoms with Gasteiger partial charge in [0.15, 0.2) is 0 Å². The minimum absolute atomic E-state index is 0.0562. The first-order valence-corrected chi connectivity index (χ1v) is 5.75. The molecule has 0 aliphatic heterocycles. The van der Waals surface area contributed by atoms with Gasteiger partial charge in [0.1, 0.15) is 0 Å². The minimum Gasteiger partial charge on any atom is -0.372 e. The molecule has 1 atom stereocenters. The summed E-state index contributed by atoms with van der Waals surface area (Å²) >= 11 is 6.09. The van der Waals surface area contributed by atoms with Gasteiger partial charge in [0, 0.05) is 17.1 Å². The number of hydrogen-bond acceptors (Lipinski definition) is 2. The number of benzene rings is 1. The van der Waals surface area contributed by atoms with Crippen LogP contribution in [0.5, 0.6) is 0 Å². The third-order valence-corrected chi connectivity index (χ3v) is 3.04. The molecule has 1 unspecified atom stereocenters. The summed E-state index contributed by atoms with van der Waals surface area (Å²) in [4.78, 5) is 0. The molecule has 0 spiro atoms. The van der Waals surface area contributed by atoms with Crippen molar-refractivity contribution in [2.45, 2.75) is 18.9 Å². The van der Waals surface area contributed by atoms with Crippen LogP contribution in [0.2, 0.25) is 5.02 Å². The molecular weight excluding hydrogens is 210 g/mol. The molecule has 2 nitrogen and oxygen atoms in total. The average molecular weight is 226 g/mol. The lowest BCUT2D eigenvalue weighted by atomic mass is 10.1. The summed E-state index contributed by atoms with van der Waals surface area (Å²) < 4.78 is 5.77. The molecule has 1 aromatic carbocycles. The molecule has 1 saturated carbocycles.